The molecule has 0 saturated carbocycles. The minimum absolute atomic E-state index is 0.241. The molecule has 0 atom stereocenters. The summed E-state index contributed by atoms with van der Waals surface area (Å²) in [7, 11) is 0. The molecule has 1 saturated heterocycles. The van der Waals surface area contributed by atoms with Gasteiger partial charge in [-0.15, -0.1) is 11.3 Å². The number of nitrogens with two attached hydrogens (primary N) is 1. The summed E-state index contributed by atoms with van der Waals surface area (Å²) in [6.07, 6.45) is 3.38. The summed E-state index contributed by atoms with van der Waals surface area (Å²) in [6, 6.07) is 10.4. The van der Waals surface area contributed by atoms with E-state index >= 15 is 0 Å². The number of aromatic nitrogens is 4. The van der Waals surface area contributed by atoms with E-state index in [0.717, 1.165) is 60.0 Å². The van der Waals surface area contributed by atoms with E-state index in [2.05, 4.69) is 49.4 Å². The molecule has 0 unspecified atom stereocenters. The first-order valence-electron chi connectivity index (χ1n) is 9.74. The third-order valence-corrected chi connectivity index (χ3v) is 5.88. The van der Waals surface area contributed by atoms with Gasteiger partial charge in [0.25, 0.3) is 0 Å². The van der Waals surface area contributed by atoms with Crippen LogP contribution in [0.25, 0.3) is 21.5 Å². The molecule has 1 aliphatic rings. The lowest BCUT2D eigenvalue weighted by atomic mass is 10.2. The van der Waals surface area contributed by atoms with Gasteiger partial charge in [0.15, 0.2) is 0 Å². The second kappa shape index (κ2) is 8.31. The Morgan fingerprint density at radius 3 is 2.57 bits per heavy atom. The van der Waals surface area contributed by atoms with E-state index in [1.54, 1.807) is 23.7 Å². The van der Waals surface area contributed by atoms with Crippen molar-refractivity contribution in [2.75, 3.05) is 37.4 Å². The minimum Gasteiger partial charge on any atom is -0.379 e. The molecule has 5 rings (SSSR count). The molecule has 1 fully saturated rings. The lowest BCUT2D eigenvalue weighted by Crippen LogP contribution is -2.35. The Labute approximate surface area is 177 Å². The van der Waals surface area contributed by atoms with Crippen molar-refractivity contribution in [1.29, 1.82) is 0 Å². The molecule has 4 aromatic rings. The van der Waals surface area contributed by atoms with Crippen molar-refractivity contribution in [2.45, 2.75) is 6.54 Å². The standard InChI is InChI=1S/C21H21N7OS/c22-20-23-11-15(12-24-20)18-19-17(5-10-30-19)26-21(27-18)25-16-3-1-14(2-4-16)13-28-6-8-29-9-7-28/h1-5,10-12H,6-9,13H2,(H2,22,23,24)(H,25,26,27). The predicted molar refractivity (Wildman–Crippen MR) is 119 cm³/mol. The van der Waals surface area contributed by atoms with Gasteiger partial charge in [-0.2, -0.15) is 0 Å². The van der Waals surface area contributed by atoms with E-state index in [4.69, 9.17) is 15.5 Å². The number of rotatable bonds is 5. The van der Waals surface area contributed by atoms with Gasteiger partial charge in [-0.1, -0.05) is 12.1 Å². The Bertz CT molecular complexity index is 1140. The van der Waals surface area contributed by atoms with E-state index in [1.165, 1.54) is 5.56 Å². The number of hydrogen-bond donors (Lipinski definition) is 2. The van der Waals surface area contributed by atoms with Crippen LogP contribution in [0.2, 0.25) is 0 Å². The average molecular weight is 420 g/mol. The van der Waals surface area contributed by atoms with Crippen LogP contribution in [-0.2, 0) is 11.3 Å². The monoisotopic (exact) mass is 419 g/mol. The molecule has 8 nitrogen and oxygen atoms in total. The lowest BCUT2D eigenvalue weighted by molar-refractivity contribution is 0.0342. The van der Waals surface area contributed by atoms with E-state index in [1.807, 2.05) is 11.4 Å². The first-order chi connectivity index (χ1) is 14.7. The van der Waals surface area contributed by atoms with Crippen LogP contribution >= 0.6 is 11.3 Å². The number of benzene rings is 1. The summed E-state index contributed by atoms with van der Waals surface area (Å²) >= 11 is 1.59. The maximum absolute atomic E-state index is 5.63. The molecule has 0 amide bonds. The molecular formula is C21H21N7OS. The fourth-order valence-corrected chi connectivity index (χ4v) is 4.26. The SMILES string of the molecule is Nc1ncc(-c2nc(Nc3ccc(CN4CCOCC4)cc3)nc3ccsc23)cn1. The Kier molecular flexibility index (Phi) is 5.22. The van der Waals surface area contributed by atoms with Crippen molar-refractivity contribution in [3.63, 3.8) is 0 Å². The van der Waals surface area contributed by atoms with Gasteiger partial charge in [-0.3, -0.25) is 4.90 Å². The summed E-state index contributed by atoms with van der Waals surface area (Å²) < 4.78 is 6.41. The number of hydrogen-bond acceptors (Lipinski definition) is 9. The van der Waals surface area contributed by atoms with Gasteiger partial charge in [0, 0.05) is 43.3 Å². The largest absolute Gasteiger partial charge is 0.379 e. The predicted octanol–water partition coefficient (Wildman–Crippen LogP) is 3.31. The van der Waals surface area contributed by atoms with Gasteiger partial charge in [-0.25, -0.2) is 19.9 Å². The van der Waals surface area contributed by atoms with E-state index < -0.39 is 0 Å². The second-order valence-electron chi connectivity index (χ2n) is 7.07. The topological polar surface area (TPSA) is 102 Å². The first-order valence-corrected chi connectivity index (χ1v) is 10.6. The Hall–Kier alpha value is -3.14. The van der Waals surface area contributed by atoms with Gasteiger partial charge in [0.05, 0.1) is 29.1 Å². The molecule has 3 N–H and O–H groups in total. The van der Waals surface area contributed by atoms with E-state index in [-0.39, 0.29) is 5.95 Å². The quantitative estimate of drug-likeness (QED) is 0.508. The smallest absolute Gasteiger partial charge is 0.228 e. The van der Waals surface area contributed by atoms with Gasteiger partial charge >= 0.3 is 0 Å². The van der Waals surface area contributed by atoms with Crippen LogP contribution in [0.5, 0.6) is 0 Å². The molecule has 0 bridgehead atoms. The van der Waals surface area contributed by atoms with Gasteiger partial charge in [0.2, 0.25) is 11.9 Å². The molecule has 1 aromatic carbocycles. The summed E-state index contributed by atoms with van der Waals surface area (Å²) in [4.78, 5) is 20.0. The summed E-state index contributed by atoms with van der Waals surface area (Å²) in [5.41, 5.74) is 10.3. The molecule has 0 aliphatic carbocycles. The molecule has 152 valence electrons. The van der Waals surface area contributed by atoms with Crippen LogP contribution in [0.15, 0.2) is 48.1 Å². The summed E-state index contributed by atoms with van der Waals surface area (Å²) in [5.74, 6) is 0.777. The highest BCUT2D eigenvalue weighted by Crippen LogP contribution is 2.31. The fourth-order valence-electron chi connectivity index (χ4n) is 3.42. The van der Waals surface area contributed by atoms with Crippen molar-refractivity contribution in [2.24, 2.45) is 0 Å². The molecule has 9 heteroatoms. The third-order valence-electron chi connectivity index (χ3n) is 4.97. The van der Waals surface area contributed by atoms with E-state index in [9.17, 15) is 0 Å². The Morgan fingerprint density at radius 2 is 1.80 bits per heavy atom. The van der Waals surface area contributed by atoms with Crippen LogP contribution in [0.1, 0.15) is 5.56 Å². The van der Waals surface area contributed by atoms with Crippen LogP contribution in [-0.4, -0.2) is 51.1 Å². The fraction of sp³-hybridized carbons (Fsp3) is 0.238. The normalized spacial score (nSPS) is 14.8. The Morgan fingerprint density at radius 1 is 1.03 bits per heavy atom. The zero-order valence-corrected chi connectivity index (χ0v) is 17.1. The zero-order valence-electron chi connectivity index (χ0n) is 16.3. The highest BCUT2D eigenvalue weighted by molar-refractivity contribution is 7.17. The average Bonchev–Trinajstić information content (AvgIpc) is 3.25. The molecule has 0 radical (unpaired) electrons. The molecule has 3 aromatic heterocycles. The molecule has 1 aliphatic heterocycles. The third kappa shape index (κ3) is 4.09. The summed E-state index contributed by atoms with van der Waals surface area (Å²) in [5, 5.41) is 5.33. The molecule has 4 heterocycles. The molecular weight excluding hydrogens is 398 g/mol. The van der Waals surface area contributed by atoms with Crippen molar-refractivity contribution in [3.8, 4) is 11.3 Å². The number of morpholine rings is 1. The van der Waals surface area contributed by atoms with Crippen LogP contribution in [0.3, 0.4) is 0 Å². The number of ether oxygens (including phenoxy) is 1. The Balaban J connectivity index is 1.38. The molecule has 30 heavy (non-hydrogen) atoms. The minimum atomic E-state index is 0.241. The van der Waals surface area contributed by atoms with Crippen molar-refractivity contribution in [3.05, 3.63) is 53.7 Å². The van der Waals surface area contributed by atoms with Crippen molar-refractivity contribution >= 4 is 39.1 Å². The highest BCUT2D eigenvalue weighted by atomic mass is 32.1. The van der Waals surface area contributed by atoms with Crippen LogP contribution < -0.4 is 11.1 Å². The van der Waals surface area contributed by atoms with Crippen LogP contribution in [0, 0.1) is 0 Å². The van der Waals surface area contributed by atoms with Crippen molar-refractivity contribution in [1.82, 2.24) is 24.8 Å². The summed E-state index contributed by atoms with van der Waals surface area (Å²) in [6.45, 7) is 4.51. The second-order valence-corrected chi connectivity index (χ2v) is 7.99. The van der Waals surface area contributed by atoms with E-state index in [0.29, 0.717) is 5.95 Å². The van der Waals surface area contributed by atoms with Crippen LogP contribution in [0.4, 0.5) is 17.6 Å². The number of fused-ring (bicyclic) bond motifs is 1. The van der Waals surface area contributed by atoms with Gasteiger partial charge in [-0.05, 0) is 29.1 Å². The number of nitrogen functional groups attached to an aromatic ring is 1. The van der Waals surface area contributed by atoms with Gasteiger partial charge in [0.1, 0.15) is 0 Å². The number of nitrogens with one attached hydrogen (secondary N) is 1. The maximum Gasteiger partial charge on any atom is 0.228 e. The maximum atomic E-state index is 5.63. The number of thiophene rings is 1. The number of anilines is 3. The van der Waals surface area contributed by atoms with Crippen molar-refractivity contribution < 1.29 is 4.74 Å². The molecule has 0 spiro atoms. The number of nitrogens with zero attached hydrogens (tertiary/aromatic N) is 5. The lowest BCUT2D eigenvalue weighted by Gasteiger charge is -2.26. The van der Waals surface area contributed by atoms with Gasteiger partial charge < -0.3 is 15.8 Å². The first kappa shape index (κ1) is 18.9. The zero-order chi connectivity index (χ0) is 20.3. The highest BCUT2D eigenvalue weighted by Gasteiger charge is 2.13.